The highest BCUT2D eigenvalue weighted by Crippen LogP contribution is 2.34. The second kappa shape index (κ2) is 5.84. The molecule has 0 amide bonds. The quantitative estimate of drug-likeness (QED) is 0.734. The Morgan fingerprint density at radius 3 is 2.15 bits per heavy atom. The topological polar surface area (TPSA) is 43.7 Å². The van der Waals surface area contributed by atoms with E-state index >= 15 is 0 Å². The van der Waals surface area contributed by atoms with E-state index in [-0.39, 0.29) is 11.3 Å². The summed E-state index contributed by atoms with van der Waals surface area (Å²) in [6, 6.07) is 4.50. The molecule has 3 rings (SSSR count). The highest BCUT2D eigenvalue weighted by molar-refractivity contribution is 6.58. The molecule has 0 atom stereocenters. The van der Waals surface area contributed by atoms with Gasteiger partial charge in [0.25, 0.3) is 0 Å². The standard InChI is InChI=1S/C15H21BFNO2/c17-15-7-14(16(19)20)6-5-13(15)10-18(8-11-1-2-11)9-12-3-4-12/h5-7,11-12,19-20H,1-4,8-10H2. The number of halogens is 1. The minimum atomic E-state index is -1.60. The van der Waals surface area contributed by atoms with E-state index in [9.17, 15) is 4.39 Å². The average molecular weight is 277 g/mol. The third-order valence-corrected chi connectivity index (χ3v) is 4.20. The zero-order valence-corrected chi connectivity index (χ0v) is 11.6. The van der Waals surface area contributed by atoms with Crippen molar-refractivity contribution in [3.8, 4) is 0 Å². The maximum absolute atomic E-state index is 14.0. The number of hydrogen-bond acceptors (Lipinski definition) is 3. The van der Waals surface area contributed by atoms with Gasteiger partial charge in [-0.3, -0.25) is 4.90 Å². The summed E-state index contributed by atoms with van der Waals surface area (Å²) in [5, 5.41) is 18.1. The van der Waals surface area contributed by atoms with Crippen molar-refractivity contribution < 1.29 is 14.4 Å². The van der Waals surface area contributed by atoms with E-state index < -0.39 is 7.12 Å². The van der Waals surface area contributed by atoms with Crippen LogP contribution in [-0.2, 0) is 6.54 Å². The molecule has 0 spiro atoms. The second-order valence-corrected chi connectivity index (χ2v) is 6.31. The summed E-state index contributed by atoms with van der Waals surface area (Å²) >= 11 is 0. The van der Waals surface area contributed by atoms with E-state index in [1.54, 1.807) is 12.1 Å². The third-order valence-electron chi connectivity index (χ3n) is 4.20. The lowest BCUT2D eigenvalue weighted by Crippen LogP contribution is -2.31. The zero-order valence-electron chi connectivity index (χ0n) is 11.6. The molecule has 1 aromatic carbocycles. The Morgan fingerprint density at radius 2 is 1.70 bits per heavy atom. The molecule has 0 saturated heterocycles. The molecule has 0 aromatic heterocycles. The van der Waals surface area contributed by atoms with E-state index in [2.05, 4.69) is 4.90 Å². The van der Waals surface area contributed by atoms with Crippen molar-refractivity contribution in [1.82, 2.24) is 4.90 Å². The zero-order chi connectivity index (χ0) is 14.1. The normalized spacial score (nSPS) is 18.6. The van der Waals surface area contributed by atoms with E-state index in [0.717, 1.165) is 24.9 Å². The third kappa shape index (κ3) is 3.81. The lowest BCUT2D eigenvalue weighted by Gasteiger charge is -2.22. The van der Waals surface area contributed by atoms with Crippen LogP contribution in [-0.4, -0.2) is 35.2 Å². The highest BCUT2D eigenvalue weighted by atomic mass is 19.1. The Balaban J connectivity index is 1.66. The molecule has 1 aromatic rings. The molecule has 0 aliphatic heterocycles. The van der Waals surface area contributed by atoms with Crippen LogP contribution in [0, 0.1) is 17.7 Å². The number of rotatable bonds is 7. The van der Waals surface area contributed by atoms with E-state index in [1.807, 2.05) is 0 Å². The lowest BCUT2D eigenvalue weighted by molar-refractivity contribution is 0.241. The van der Waals surface area contributed by atoms with Gasteiger partial charge in [0.05, 0.1) is 0 Å². The summed E-state index contributed by atoms with van der Waals surface area (Å²) in [5.41, 5.74) is 0.859. The van der Waals surface area contributed by atoms with Gasteiger partial charge in [0.1, 0.15) is 5.82 Å². The first-order chi connectivity index (χ1) is 9.61. The van der Waals surface area contributed by atoms with Crippen molar-refractivity contribution in [3.05, 3.63) is 29.6 Å². The molecule has 0 radical (unpaired) electrons. The van der Waals surface area contributed by atoms with Crippen LogP contribution in [0.1, 0.15) is 31.2 Å². The van der Waals surface area contributed by atoms with Gasteiger partial charge in [0.2, 0.25) is 0 Å². The summed E-state index contributed by atoms with van der Waals surface area (Å²) in [5.74, 6) is 1.26. The van der Waals surface area contributed by atoms with E-state index in [1.165, 1.54) is 31.7 Å². The first-order valence-electron chi connectivity index (χ1n) is 7.48. The Kier molecular flexibility index (Phi) is 4.10. The maximum atomic E-state index is 14.0. The van der Waals surface area contributed by atoms with Crippen LogP contribution in [0.3, 0.4) is 0 Å². The van der Waals surface area contributed by atoms with E-state index in [4.69, 9.17) is 10.0 Å². The van der Waals surface area contributed by atoms with Gasteiger partial charge < -0.3 is 10.0 Å². The molecule has 5 heteroatoms. The van der Waals surface area contributed by atoms with Gasteiger partial charge in [-0.05, 0) is 49.0 Å². The molecule has 20 heavy (non-hydrogen) atoms. The summed E-state index contributed by atoms with van der Waals surface area (Å²) in [6.07, 6.45) is 5.22. The van der Waals surface area contributed by atoms with Gasteiger partial charge in [-0.25, -0.2) is 4.39 Å². The number of nitrogens with zero attached hydrogens (tertiary/aromatic N) is 1. The van der Waals surface area contributed by atoms with Crippen molar-refractivity contribution >= 4 is 12.6 Å². The largest absolute Gasteiger partial charge is 0.488 e. The molecular formula is C15H21BFNO2. The summed E-state index contributed by atoms with van der Waals surface area (Å²) in [4.78, 5) is 2.36. The molecule has 0 heterocycles. The van der Waals surface area contributed by atoms with Crippen molar-refractivity contribution in [3.63, 3.8) is 0 Å². The molecule has 108 valence electrons. The van der Waals surface area contributed by atoms with Gasteiger partial charge >= 0.3 is 7.12 Å². The van der Waals surface area contributed by atoms with Crippen molar-refractivity contribution in [2.24, 2.45) is 11.8 Å². The van der Waals surface area contributed by atoms with Crippen molar-refractivity contribution in [2.45, 2.75) is 32.2 Å². The molecule has 2 fully saturated rings. The van der Waals surface area contributed by atoms with Crippen molar-refractivity contribution in [2.75, 3.05) is 13.1 Å². The van der Waals surface area contributed by atoms with Crippen LogP contribution in [0.5, 0.6) is 0 Å². The summed E-state index contributed by atoms with van der Waals surface area (Å²) in [7, 11) is -1.60. The first kappa shape index (κ1) is 14.0. The minimum absolute atomic E-state index is 0.210. The fourth-order valence-electron chi connectivity index (χ4n) is 2.63. The van der Waals surface area contributed by atoms with Gasteiger partial charge in [-0.15, -0.1) is 0 Å². The van der Waals surface area contributed by atoms with Crippen LogP contribution in [0.4, 0.5) is 4.39 Å². The predicted molar refractivity (Wildman–Crippen MR) is 77.0 cm³/mol. The van der Waals surface area contributed by atoms with Crippen LogP contribution in [0.25, 0.3) is 0 Å². The Bertz CT molecular complexity index is 461. The Morgan fingerprint density at radius 1 is 1.10 bits per heavy atom. The fraction of sp³-hybridized carbons (Fsp3) is 0.600. The van der Waals surface area contributed by atoms with Crippen LogP contribution < -0.4 is 5.46 Å². The minimum Gasteiger partial charge on any atom is -0.423 e. The highest BCUT2D eigenvalue weighted by Gasteiger charge is 2.29. The monoisotopic (exact) mass is 277 g/mol. The van der Waals surface area contributed by atoms with E-state index in [0.29, 0.717) is 12.1 Å². The molecule has 3 nitrogen and oxygen atoms in total. The smallest absolute Gasteiger partial charge is 0.423 e. The Labute approximate surface area is 119 Å². The molecular weight excluding hydrogens is 256 g/mol. The molecule has 2 aliphatic rings. The SMILES string of the molecule is OB(O)c1ccc(CN(CC2CC2)CC2CC2)c(F)c1. The Hall–Kier alpha value is -0.905. The number of hydrogen-bond donors (Lipinski definition) is 2. The molecule has 2 N–H and O–H groups in total. The predicted octanol–water partition coefficient (Wildman–Crippen LogP) is 1.13. The molecule has 2 saturated carbocycles. The molecule has 2 aliphatic carbocycles. The van der Waals surface area contributed by atoms with Crippen LogP contribution in [0.2, 0.25) is 0 Å². The van der Waals surface area contributed by atoms with Crippen molar-refractivity contribution in [1.29, 1.82) is 0 Å². The second-order valence-electron chi connectivity index (χ2n) is 6.31. The summed E-state index contributed by atoms with van der Waals surface area (Å²) < 4.78 is 14.0. The van der Waals surface area contributed by atoms with Gasteiger partial charge in [0, 0.05) is 25.2 Å². The summed E-state index contributed by atoms with van der Waals surface area (Å²) in [6.45, 7) is 2.77. The number of benzene rings is 1. The van der Waals surface area contributed by atoms with Gasteiger partial charge in [-0.2, -0.15) is 0 Å². The van der Waals surface area contributed by atoms with Crippen LogP contribution >= 0.6 is 0 Å². The molecule has 0 bridgehead atoms. The van der Waals surface area contributed by atoms with Gasteiger partial charge in [0.15, 0.2) is 0 Å². The lowest BCUT2D eigenvalue weighted by atomic mass is 9.80. The average Bonchev–Trinajstić information content (AvgIpc) is 3.27. The van der Waals surface area contributed by atoms with Gasteiger partial charge in [-0.1, -0.05) is 12.1 Å². The maximum Gasteiger partial charge on any atom is 0.488 e. The fourth-order valence-corrected chi connectivity index (χ4v) is 2.63. The van der Waals surface area contributed by atoms with Crippen LogP contribution in [0.15, 0.2) is 18.2 Å². The molecule has 0 unspecified atom stereocenters. The first-order valence-corrected chi connectivity index (χ1v) is 7.48.